The Kier molecular flexibility index (Phi) is 2.97. The summed E-state index contributed by atoms with van der Waals surface area (Å²) in [6.45, 7) is 0. The highest BCUT2D eigenvalue weighted by molar-refractivity contribution is 7.09. The van der Waals surface area contributed by atoms with Gasteiger partial charge >= 0.3 is 5.97 Å². The molecule has 0 amide bonds. The Hall–Kier alpha value is -1.42. The van der Waals surface area contributed by atoms with Crippen molar-refractivity contribution in [3.8, 4) is 0 Å². The van der Waals surface area contributed by atoms with E-state index >= 15 is 0 Å². The number of rotatable bonds is 3. The predicted octanol–water partition coefficient (Wildman–Crippen LogP) is 2.52. The van der Waals surface area contributed by atoms with Gasteiger partial charge in [0, 0.05) is 11.8 Å². The maximum atomic E-state index is 10.6. The van der Waals surface area contributed by atoms with Crippen molar-refractivity contribution in [2.24, 2.45) is 5.92 Å². The zero-order valence-electron chi connectivity index (χ0n) is 8.09. The van der Waals surface area contributed by atoms with Crippen molar-refractivity contribution >= 4 is 17.3 Å². The largest absolute Gasteiger partial charge is 0.476 e. The Bertz CT molecular complexity index is 420. The molecule has 0 saturated heterocycles. The van der Waals surface area contributed by atoms with Crippen molar-refractivity contribution in [1.82, 2.24) is 4.98 Å². The van der Waals surface area contributed by atoms with Gasteiger partial charge in [0.15, 0.2) is 5.69 Å². The van der Waals surface area contributed by atoms with Gasteiger partial charge in [0.25, 0.3) is 0 Å². The summed E-state index contributed by atoms with van der Waals surface area (Å²) >= 11 is 1.42. The number of aromatic carboxylic acids is 1. The van der Waals surface area contributed by atoms with Crippen molar-refractivity contribution < 1.29 is 9.90 Å². The van der Waals surface area contributed by atoms with Gasteiger partial charge in [-0.3, -0.25) is 0 Å². The summed E-state index contributed by atoms with van der Waals surface area (Å²) in [7, 11) is 0. The first-order chi connectivity index (χ1) is 7.25. The first-order valence-corrected chi connectivity index (χ1v) is 5.64. The number of allylic oxidation sites excluding steroid dienone is 4. The van der Waals surface area contributed by atoms with Crippen molar-refractivity contribution in [2.75, 3.05) is 0 Å². The molecule has 2 rings (SSSR count). The molecule has 1 heterocycles. The molecule has 4 heteroatoms. The molecule has 0 aliphatic heterocycles. The topological polar surface area (TPSA) is 50.2 Å². The number of carbonyl (C=O) groups is 1. The third kappa shape index (κ3) is 2.53. The van der Waals surface area contributed by atoms with Gasteiger partial charge < -0.3 is 5.11 Å². The van der Waals surface area contributed by atoms with Crippen molar-refractivity contribution in [1.29, 1.82) is 0 Å². The lowest BCUT2D eigenvalue weighted by molar-refractivity contribution is 0.0691. The Morgan fingerprint density at radius 3 is 3.07 bits per heavy atom. The molecule has 0 radical (unpaired) electrons. The average Bonchev–Trinajstić information content (AvgIpc) is 2.68. The summed E-state index contributed by atoms with van der Waals surface area (Å²) in [5, 5.41) is 11.2. The zero-order chi connectivity index (χ0) is 10.7. The normalized spacial score (nSPS) is 19.3. The first kappa shape index (κ1) is 10.1. The third-order valence-electron chi connectivity index (χ3n) is 2.28. The molecule has 0 fully saturated rings. The smallest absolute Gasteiger partial charge is 0.355 e. The van der Waals surface area contributed by atoms with Crippen LogP contribution in [-0.4, -0.2) is 16.1 Å². The molecule has 1 aliphatic carbocycles. The monoisotopic (exact) mass is 221 g/mol. The fraction of sp³-hybridized carbons (Fsp3) is 0.273. The molecule has 1 aromatic rings. The minimum absolute atomic E-state index is 0.158. The number of carboxylic acids is 1. The van der Waals surface area contributed by atoms with Crippen LogP contribution in [0, 0.1) is 5.92 Å². The summed E-state index contributed by atoms with van der Waals surface area (Å²) in [6.07, 6.45) is 10.2. The van der Waals surface area contributed by atoms with Gasteiger partial charge in [-0.25, -0.2) is 9.78 Å². The fourth-order valence-electron chi connectivity index (χ4n) is 1.51. The lowest BCUT2D eigenvalue weighted by atomic mass is 9.98. The third-order valence-corrected chi connectivity index (χ3v) is 3.15. The number of hydrogen-bond acceptors (Lipinski definition) is 3. The van der Waals surface area contributed by atoms with Gasteiger partial charge in [0.1, 0.15) is 0 Å². The fourth-order valence-corrected chi connectivity index (χ4v) is 2.37. The Balaban J connectivity index is 2.01. The summed E-state index contributed by atoms with van der Waals surface area (Å²) in [4.78, 5) is 14.7. The van der Waals surface area contributed by atoms with E-state index in [1.807, 2.05) is 12.2 Å². The van der Waals surface area contributed by atoms with Gasteiger partial charge in [0.2, 0.25) is 0 Å². The second-order valence-corrected chi connectivity index (χ2v) is 4.39. The average molecular weight is 221 g/mol. The van der Waals surface area contributed by atoms with E-state index in [0.717, 1.165) is 17.8 Å². The second-order valence-electron chi connectivity index (χ2n) is 3.44. The maximum absolute atomic E-state index is 10.6. The second kappa shape index (κ2) is 4.40. The van der Waals surface area contributed by atoms with E-state index in [-0.39, 0.29) is 5.69 Å². The molecule has 15 heavy (non-hydrogen) atoms. The molecule has 0 saturated carbocycles. The van der Waals surface area contributed by atoms with Gasteiger partial charge in [-0.1, -0.05) is 24.3 Å². The van der Waals surface area contributed by atoms with E-state index in [4.69, 9.17) is 5.11 Å². The summed E-state index contributed by atoms with van der Waals surface area (Å²) < 4.78 is 0. The molecule has 1 atom stereocenters. The first-order valence-electron chi connectivity index (χ1n) is 4.77. The molecular weight excluding hydrogens is 210 g/mol. The molecular formula is C11H11NO2S. The highest BCUT2D eigenvalue weighted by Crippen LogP contribution is 2.20. The number of hydrogen-bond donors (Lipinski definition) is 1. The van der Waals surface area contributed by atoms with Crippen LogP contribution in [0.2, 0.25) is 0 Å². The summed E-state index contributed by atoms with van der Waals surface area (Å²) in [6, 6.07) is 0. The van der Waals surface area contributed by atoms with Gasteiger partial charge in [-0.2, -0.15) is 0 Å². The van der Waals surface area contributed by atoms with Gasteiger partial charge in [0.05, 0.1) is 5.01 Å². The van der Waals surface area contributed by atoms with E-state index in [0.29, 0.717) is 5.92 Å². The summed E-state index contributed by atoms with van der Waals surface area (Å²) in [5.41, 5.74) is 0.158. The lowest BCUT2D eigenvalue weighted by Gasteiger charge is -2.09. The van der Waals surface area contributed by atoms with E-state index in [1.165, 1.54) is 11.3 Å². The molecule has 0 aromatic carbocycles. The van der Waals surface area contributed by atoms with Crippen LogP contribution in [-0.2, 0) is 6.42 Å². The molecule has 78 valence electrons. The van der Waals surface area contributed by atoms with Gasteiger partial charge in [-0.15, -0.1) is 11.3 Å². The van der Waals surface area contributed by atoms with Crippen LogP contribution >= 0.6 is 11.3 Å². The van der Waals surface area contributed by atoms with Crippen molar-refractivity contribution in [3.05, 3.63) is 40.4 Å². The molecule has 1 aromatic heterocycles. The van der Waals surface area contributed by atoms with Gasteiger partial charge in [-0.05, 0) is 12.3 Å². The molecule has 1 aliphatic rings. The Morgan fingerprint density at radius 2 is 2.47 bits per heavy atom. The van der Waals surface area contributed by atoms with Crippen LogP contribution in [0.5, 0.6) is 0 Å². The van der Waals surface area contributed by atoms with Crippen LogP contribution in [0.4, 0.5) is 0 Å². The molecule has 0 spiro atoms. The Morgan fingerprint density at radius 1 is 1.60 bits per heavy atom. The number of thiazole rings is 1. The maximum Gasteiger partial charge on any atom is 0.355 e. The van der Waals surface area contributed by atoms with Crippen molar-refractivity contribution in [2.45, 2.75) is 12.8 Å². The molecule has 1 N–H and O–H groups in total. The Labute approximate surface area is 91.8 Å². The minimum atomic E-state index is -0.948. The SMILES string of the molecule is O=C(O)c1csc(CC2C=CC=CC2)n1. The molecule has 0 bridgehead atoms. The van der Waals surface area contributed by atoms with E-state index in [2.05, 4.69) is 17.1 Å². The van der Waals surface area contributed by atoms with Crippen LogP contribution in [0.3, 0.4) is 0 Å². The quantitative estimate of drug-likeness (QED) is 0.853. The molecule has 1 unspecified atom stereocenters. The van der Waals surface area contributed by atoms with E-state index in [1.54, 1.807) is 5.38 Å². The summed E-state index contributed by atoms with van der Waals surface area (Å²) in [5.74, 6) is -0.487. The van der Waals surface area contributed by atoms with Crippen molar-refractivity contribution in [3.63, 3.8) is 0 Å². The van der Waals surface area contributed by atoms with Crippen LogP contribution < -0.4 is 0 Å². The predicted molar refractivity (Wildman–Crippen MR) is 59.2 cm³/mol. The van der Waals surface area contributed by atoms with Crippen LogP contribution in [0.15, 0.2) is 29.7 Å². The molecule has 3 nitrogen and oxygen atoms in total. The minimum Gasteiger partial charge on any atom is -0.476 e. The number of nitrogens with zero attached hydrogens (tertiary/aromatic N) is 1. The lowest BCUT2D eigenvalue weighted by Crippen LogP contribution is -2.03. The number of aromatic nitrogens is 1. The van der Waals surface area contributed by atoms with Crippen LogP contribution in [0.1, 0.15) is 21.9 Å². The highest BCUT2D eigenvalue weighted by Gasteiger charge is 2.12. The number of carboxylic acid groups (broad SMARTS) is 1. The zero-order valence-corrected chi connectivity index (χ0v) is 8.91. The highest BCUT2D eigenvalue weighted by atomic mass is 32.1. The van der Waals surface area contributed by atoms with E-state index < -0.39 is 5.97 Å². The standard InChI is InChI=1S/C11H11NO2S/c13-11(14)9-7-15-10(12-9)6-8-4-2-1-3-5-8/h1-4,7-8H,5-6H2,(H,13,14). The van der Waals surface area contributed by atoms with Crippen LogP contribution in [0.25, 0.3) is 0 Å². The van der Waals surface area contributed by atoms with E-state index in [9.17, 15) is 4.79 Å².